The Morgan fingerprint density at radius 2 is 2.12 bits per heavy atom. The van der Waals surface area contributed by atoms with Crippen LogP contribution in [0, 0.1) is 17.2 Å². The van der Waals surface area contributed by atoms with E-state index in [1.54, 1.807) is 0 Å². The third-order valence-corrected chi connectivity index (χ3v) is 3.28. The summed E-state index contributed by atoms with van der Waals surface area (Å²) in [7, 11) is 0. The number of carboxylic acid groups (broad SMARTS) is 1. The summed E-state index contributed by atoms with van der Waals surface area (Å²) in [6.45, 7) is 0.818. The van der Waals surface area contributed by atoms with Crippen molar-refractivity contribution in [3.8, 4) is 6.07 Å². The zero-order chi connectivity index (χ0) is 12.3. The molecule has 2 atom stereocenters. The predicted molar refractivity (Wildman–Crippen MR) is 62.5 cm³/mol. The standard InChI is InChI=1S/C13H14N2O2/c14-8-11-9-15(13(16)17)7-6-12(11)10-4-2-1-3-5-10/h1-5,11-12H,6-7,9H2,(H,16,17). The molecule has 1 aliphatic heterocycles. The van der Waals surface area contributed by atoms with Crippen molar-refractivity contribution in [2.24, 2.45) is 5.92 Å². The van der Waals surface area contributed by atoms with Gasteiger partial charge in [-0.1, -0.05) is 30.3 Å². The fourth-order valence-electron chi connectivity index (χ4n) is 2.36. The van der Waals surface area contributed by atoms with Crippen LogP contribution >= 0.6 is 0 Å². The van der Waals surface area contributed by atoms with Gasteiger partial charge in [-0.25, -0.2) is 4.79 Å². The maximum atomic E-state index is 10.9. The third-order valence-electron chi connectivity index (χ3n) is 3.28. The lowest BCUT2D eigenvalue weighted by Crippen LogP contribution is -2.41. The number of carbonyl (C=O) groups is 1. The maximum absolute atomic E-state index is 10.9. The minimum Gasteiger partial charge on any atom is -0.465 e. The highest BCUT2D eigenvalue weighted by Gasteiger charge is 2.32. The molecule has 17 heavy (non-hydrogen) atoms. The van der Waals surface area contributed by atoms with Gasteiger partial charge in [0, 0.05) is 19.0 Å². The SMILES string of the molecule is N#CC1CN(C(=O)O)CCC1c1ccccc1. The first-order valence-electron chi connectivity index (χ1n) is 5.65. The van der Waals surface area contributed by atoms with E-state index < -0.39 is 6.09 Å². The summed E-state index contributed by atoms with van der Waals surface area (Å²) in [5, 5.41) is 18.1. The molecule has 4 nitrogen and oxygen atoms in total. The molecule has 0 aliphatic carbocycles. The largest absolute Gasteiger partial charge is 0.465 e. The minimum absolute atomic E-state index is 0.150. The van der Waals surface area contributed by atoms with Crippen LogP contribution < -0.4 is 0 Å². The second kappa shape index (κ2) is 4.88. The van der Waals surface area contributed by atoms with Gasteiger partial charge in [0.05, 0.1) is 12.0 Å². The van der Waals surface area contributed by atoms with E-state index in [1.165, 1.54) is 4.90 Å². The Labute approximate surface area is 100 Å². The van der Waals surface area contributed by atoms with E-state index >= 15 is 0 Å². The quantitative estimate of drug-likeness (QED) is 0.805. The molecule has 0 aromatic heterocycles. The van der Waals surface area contributed by atoms with Gasteiger partial charge in [-0.2, -0.15) is 5.26 Å². The van der Waals surface area contributed by atoms with Gasteiger partial charge in [-0.3, -0.25) is 0 Å². The number of rotatable bonds is 1. The Kier molecular flexibility index (Phi) is 3.29. The van der Waals surface area contributed by atoms with Crippen LogP contribution in [-0.2, 0) is 0 Å². The van der Waals surface area contributed by atoms with Crippen LogP contribution in [0.1, 0.15) is 17.9 Å². The number of benzene rings is 1. The summed E-state index contributed by atoms with van der Waals surface area (Å²) in [6.07, 6.45) is -0.217. The van der Waals surface area contributed by atoms with Crippen LogP contribution in [0.2, 0.25) is 0 Å². The lowest BCUT2D eigenvalue weighted by Gasteiger charge is -2.33. The molecule has 0 spiro atoms. The van der Waals surface area contributed by atoms with Crippen LogP contribution in [0.4, 0.5) is 4.79 Å². The van der Waals surface area contributed by atoms with E-state index in [9.17, 15) is 4.79 Å². The van der Waals surface area contributed by atoms with Gasteiger partial charge in [0.2, 0.25) is 0 Å². The summed E-state index contributed by atoms with van der Waals surface area (Å²) in [5.74, 6) is -0.0981. The molecule has 1 aromatic rings. The molecular formula is C13H14N2O2. The molecule has 0 saturated carbocycles. The van der Waals surface area contributed by atoms with Gasteiger partial charge < -0.3 is 10.0 Å². The average molecular weight is 230 g/mol. The average Bonchev–Trinajstić information content (AvgIpc) is 2.39. The number of hydrogen-bond donors (Lipinski definition) is 1. The van der Waals surface area contributed by atoms with E-state index in [2.05, 4.69) is 6.07 Å². The Hall–Kier alpha value is -2.02. The first-order valence-corrected chi connectivity index (χ1v) is 5.65. The van der Waals surface area contributed by atoms with E-state index in [0.717, 1.165) is 5.56 Å². The zero-order valence-electron chi connectivity index (χ0n) is 9.41. The minimum atomic E-state index is -0.934. The number of amides is 1. The van der Waals surface area contributed by atoms with Crippen molar-refractivity contribution in [1.82, 2.24) is 4.90 Å². The van der Waals surface area contributed by atoms with Crippen molar-refractivity contribution < 1.29 is 9.90 Å². The van der Waals surface area contributed by atoms with Gasteiger partial charge in [-0.15, -0.1) is 0 Å². The normalized spacial score (nSPS) is 24.1. The second-order valence-electron chi connectivity index (χ2n) is 4.27. The second-order valence-corrected chi connectivity index (χ2v) is 4.27. The van der Waals surface area contributed by atoms with E-state index in [-0.39, 0.29) is 11.8 Å². The molecule has 88 valence electrons. The smallest absolute Gasteiger partial charge is 0.407 e. The van der Waals surface area contributed by atoms with Gasteiger partial charge in [-0.05, 0) is 12.0 Å². The fourth-order valence-corrected chi connectivity index (χ4v) is 2.36. The number of piperidine rings is 1. The molecular weight excluding hydrogens is 216 g/mol. The molecule has 1 aromatic carbocycles. The van der Waals surface area contributed by atoms with Crippen molar-refractivity contribution in [2.75, 3.05) is 13.1 Å². The van der Waals surface area contributed by atoms with Gasteiger partial charge in [0.15, 0.2) is 0 Å². The molecule has 4 heteroatoms. The molecule has 1 aliphatic rings. The van der Waals surface area contributed by atoms with Crippen LogP contribution in [0.5, 0.6) is 0 Å². The molecule has 0 bridgehead atoms. The van der Waals surface area contributed by atoms with Gasteiger partial charge >= 0.3 is 6.09 Å². The van der Waals surface area contributed by atoms with E-state index in [4.69, 9.17) is 10.4 Å². The molecule has 1 N–H and O–H groups in total. The van der Waals surface area contributed by atoms with Crippen LogP contribution in [0.25, 0.3) is 0 Å². The maximum Gasteiger partial charge on any atom is 0.407 e. The fraction of sp³-hybridized carbons (Fsp3) is 0.385. The van der Waals surface area contributed by atoms with Crippen LogP contribution in [0.3, 0.4) is 0 Å². The Balaban J connectivity index is 2.16. The number of likely N-dealkylation sites (tertiary alicyclic amines) is 1. The van der Waals surface area contributed by atoms with Gasteiger partial charge in [0.25, 0.3) is 0 Å². The van der Waals surface area contributed by atoms with Crippen LogP contribution in [-0.4, -0.2) is 29.2 Å². The summed E-state index contributed by atoms with van der Waals surface area (Å²) < 4.78 is 0. The van der Waals surface area contributed by atoms with Crippen molar-refractivity contribution >= 4 is 6.09 Å². The van der Waals surface area contributed by atoms with Gasteiger partial charge in [0.1, 0.15) is 0 Å². The summed E-state index contributed by atoms with van der Waals surface area (Å²) >= 11 is 0. The first-order chi connectivity index (χ1) is 8.22. The van der Waals surface area contributed by atoms with Crippen molar-refractivity contribution in [3.63, 3.8) is 0 Å². The summed E-state index contributed by atoms with van der Waals surface area (Å²) in [4.78, 5) is 12.2. The molecule has 1 saturated heterocycles. The lowest BCUT2D eigenvalue weighted by molar-refractivity contribution is 0.122. The molecule has 2 unspecified atom stereocenters. The van der Waals surface area contributed by atoms with E-state index in [0.29, 0.717) is 19.5 Å². The highest BCUT2D eigenvalue weighted by atomic mass is 16.4. The number of hydrogen-bond acceptors (Lipinski definition) is 2. The van der Waals surface area contributed by atoms with Crippen molar-refractivity contribution in [3.05, 3.63) is 35.9 Å². The third kappa shape index (κ3) is 2.39. The molecule has 1 fully saturated rings. The number of nitriles is 1. The number of nitrogens with zero attached hydrogens (tertiary/aromatic N) is 2. The van der Waals surface area contributed by atoms with Crippen LogP contribution in [0.15, 0.2) is 30.3 Å². The van der Waals surface area contributed by atoms with Crippen molar-refractivity contribution in [1.29, 1.82) is 5.26 Å². The van der Waals surface area contributed by atoms with Crippen molar-refractivity contribution in [2.45, 2.75) is 12.3 Å². The monoisotopic (exact) mass is 230 g/mol. The highest BCUT2D eigenvalue weighted by molar-refractivity contribution is 5.65. The molecule has 0 radical (unpaired) electrons. The summed E-state index contributed by atoms with van der Waals surface area (Å²) in [5.41, 5.74) is 1.13. The Bertz CT molecular complexity index is 438. The molecule has 1 amide bonds. The molecule has 1 heterocycles. The summed E-state index contributed by atoms with van der Waals surface area (Å²) in [6, 6.07) is 12.1. The predicted octanol–water partition coefficient (Wildman–Crippen LogP) is 2.29. The highest BCUT2D eigenvalue weighted by Crippen LogP contribution is 2.32. The first kappa shape index (κ1) is 11.5. The Morgan fingerprint density at radius 1 is 1.41 bits per heavy atom. The Morgan fingerprint density at radius 3 is 2.71 bits per heavy atom. The lowest BCUT2D eigenvalue weighted by atomic mass is 9.81. The molecule has 2 rings (SSSR count). The zero-order valence-corrected chi connectivity index (χ0v) is 9.41. The van der Waals surface area contributed by atoms with E-state index in [1.807, 2.05) is 30.3 Å². The topological polar surface area (TPSA) is 64.3 Å².